The summed E-state index contributed by atoms with van der Waals surface area (Å²) < 4.78 is 29.8. The molecule has 2 N–H and O–H groups in total. The Labute approximate surface area is 595 Å². The summed E-state index contributed by atoms with van der Waals surface area (Å²) in [6.07, 6.45) is 7.65. The monoisotopic (exact) mass is 1380 g/mol. The molecule has 2 nitrogen and oxygen atoms in total. The van der Waals surface area contributed by atoms with Crippen LogP contribution in [0.5, 0.6) is 11.5 Å². The van der Waals surface area contributed by atoms with Crippen LogP contribution in [-0.4, -0.2) is 10.2 Å². The summed E-state index contributed by atoms with van der Waals surface area (Å²) in [6.45, 7) is 43.0. The van der Waals surface area contributed by atoms with Crippen LogP contribution < -0.4 is 0 Å². The van der Waals surface area contributed by atoms with Crippen LogP contribution in [0.2, 0.25) is 25.1 Å². The van der Waals surface area contributed by atoms with Crippen molar-refractivity contribution in [2.75, 3.05) is 0 Å². The SMILES string of the molecule is CC1(C)CC2(CC(C)(C)c3ccc(O)c(Cl)c32)c2c1ccc(O)c2Cl.CC1(C)CC2(CC(C)(C)c3cccc(Cl)c32)c2c(Cl)cccc21.CC1(C)CC2(CC(C)(C)c3cccc(F)c32)c2c(F)cccc21.Cc1cc(C)c2c(c1)C(C)(C)C[C@]21CC(C)(C)c2cc(C)cc(Cl)c21. The molecule has 0 unspecified atom stereocenters. The van der Waals surface area contributed by atoms with Gasteiger partial charge in [0.15, 0.2) is 0 Å². The van der Waals surface area contributed by atoms with E-state index in [9.17, 15) is 19.0 Å². The number of fused-ring (bicyclic) bond motifs is 16. The number of aryl methyl sites for hydroxylation is 3. The third-order valence-electron chi connectivity index (χ3n) is 24.6. The molecule has 0 heterocycles. The Hall–Kier alpha value is -5.33. The topological polar surface area (TPSA) is 40.5 Å². The number of benzene rings is 8. The summed E-state index contributed by atoms with van der Waals surface area (Å²) in [4.78, 5) is 0. The zero-order chi connectivity index (χ0) is 70.0. The van der Waals surface area contributed by atoms with E-state index in [4.69, 9.17) is 58.0 Å². The standard InChI is InChI=1S/C24H29Cl.C21H22Cl2O2.C21H22Cl2.C21H22F2/c1-14-8-16(3)20-17(9-14)22(4,5)12-24(20)13-23(6,7)18-10-15(2)11-19(25)21(18)24;1-19(2)9-21(15-11(19)5-7-13(24)17(15)22)10-20(3,4)12-6-8-14(25)18(23)16(12)21;2*1-19(2)11-21(17-13(19)7-5-9-15(17)22)12-20(3,4)14-8-6-10-16(23)18(14)21/h8-11H,12-13H2,1-7H3;5-8,24-25H,9-10H2,1-4H3;2*5-10H,11-12H2,1-4H3/t24-;;;/m0.../s1. The molecule has 0 bridgehead atoms. The van der Waals surface area contributed by atoms with Gasteiger partial charge >= 0.3 is 0 Å². The summed E-state index contributed by atoms with van der Waals surface area (Å²) in [5.41, 5.74) is 22.3. The van der Waals surface area contributed by atoms with E-state index >= 15 is 0 Å². The Morgan fingerprint density at radius 2 is 0.542 bits per heavy atom. The molecule has 8 aromatic rings. The lowest BCUT2D eigenvalue weighted by molar-refractivity contribution is 0.339. The number of rotatable bonds is 0. The molecule has 16 rings (SSSR count). The van der Waals surface area contributed by atoms with Gasteiger partial charge in [-0.1, -0.05) is 253 Å². The Balaban J connectivity index is 0.000000116. The molecule has 0 amide bonds. The van der Waals surface area contributed by atoms with Gasteiger partial charge in [0.05, 0.1) is 10.0 Å². The van der Waals surface area contributed by atoms with Crippen molar-refractivity contribution in [2.24, 2.45) is 0 Å². The Kier molecular flexibility index (Phi) is 15.9. The van der Waals surface area contributed by atoms with E-state index in [2.05, 4.69) is 180 Å². The minimum atomic E-state index is -0.547. The Bertz CT molecular complexity index is 4180. The average Bonchev–Trinajstić information content (AvgIpc) is 1.55. The molecule has 504 valence electrons. The first kappa shape index (κ1) is 69.2. The van der Waals surface area contributed by atoms with Gasteiger partial charge < -0.3 is 10.2 Å². The molecule has 0 aliphatic heterocycles. The summed E-state index contributed by atoms with van der Waals surface area (Å²) in [5.74, 6) is -0.194. The van der Waals surface area contributed by atoms with Crippen molar-refractivity contribution >= 4 is 58.0 Å². The van der Waals surface area contributed by atoms with E-state index < -0.39 is 10.8 Å². The second-order valence-corrected chi connectivity index (χ2v) is 37.8. The van der Waals surface area contributed by atoms with Crippen LogP contribution in [0.15, 0.2) is 121 Å². The lowest BCUT2D eigenvalue weighted by Crippen LogP contribution is -2.28. The van der Waals surface area contributed by atoms with Crippen LogP contribution >= 0.6 is 58.0 Å². The molecule has 0 saturated heterocycles. The van der Waals surface area contributed by atoms with E-state index in [1.807, 2.05) is 36.4 Å². The molecule has 1 atom stereocenters. The normalized spacial score (nSPS) is 22.8. The summed E-state index contributed by atoms with van der Waals surface area (Å²) in [7, 11) is 0. The predicted molar refractivity (Wildman–Crippen MR) is 398 cm³/mol. The number of aromatic hydroxyl groups is 2. The second-order valence-electron chi connectivity index (χ2n) is 35.8. The van der Waals surface area contributed by atoms with Gasteiger partial charge in [-0.25, -0.2) is 8.78 Å². The first-order valence-electron chi connectivity index (χ1n) is 34.5. The first-order chi connectivity index (χ1) is 44.4. The zero-order valence-corrected chi connectivity index (χ0v) is 63.5. The molecule has 0 saturated carbocycles. The van der Waals surface area contributed by atoms with Crippen LogP contribution in [-0.2, 0) is 65.0 Å². The van der Waals surface area contributed by atoms with Crippen LogP contribution in [0.3, 0.4) is 0 Å². The van der Waals surface area contributed by atoms with E-state index in [0.29, 0.717) is 10.0 Å². The fourth-order valence-corrected chi connectivity index (χ4v) is 24.2. The maximum absolute atomic E-state index is 14.9. The molecule has 9 heteroatoms. The molecular weight excluding hydrogens is 1290 g/mol. The minimum absolute atomic E-state index is 0.0558. The maximum atomic E-state index is 14.9. The lowest BCUT2D eigenvalue weighted by Gasteiger charge is -2.32. The van der Waals surface area contributed by atoms with Gasteiger partial charge in [-0.2, -0.15) is 0 Å². The number of phenolic OH excluding ortho intramolecular Hbond substituents is 2. The van der Waals surface area contributed by atoms with Crippen molar-refractivity contribution < 1.29 is 19.0 Å². The summed E-state index contributed by atoms with van der Waals surface area (Å²) >= 11 is 33.6. The van der Waals surface area contributed by atoms with Gasteiger partial charge in [0, 0.05) is 47.9 Å². The number of halogens is 7. The van der Waals surface area contributed by atoms with Gasteiger partial charge in [-0.3, -0.25) is 0 Å². The van der Waals surface area contributed by atoms with Crippen LogP contribution in [0.1, 0.15) is 268 Å². The van der Waals surface area contributed by atoms with Crippen molar-refractivity contribution in [3.05, 3.63) is 264 Å². The van der Waals surface area contributed by atoms with Crippen molar-refractivity contribution in [3.63, 3.8) is 0 Å². The maximum Gasteiger partial charge on any atom is 0.134 e. The largest absolute Gasteiger partial charge is 0.506 e. The van der Waals surface area contributed by atoms with Crippen LogP contribution in [0.4, 0.5) is 8.78 Å². The number of phenols is 2. The van der Waals surface area contributed by atoms with E-state index in [0.717, 1.165) is 111 Å². The molecule has 4 spiro atoms. The van der Waals surface area contributed by atoms with Gasteiger partial charge in [-0.05, 0) is 247 Å². The predicted octanol–water partition coefficient (Wildman–Crippen LogP) is 25.2. The highest BCUT2D eigenvalue weighted by Gasteiger charge is 2.63. The van der Waals surface area contributed by atoms with E-state index in [-0.39, 0.29) is 77.3 Å². The van der Waals surface area contributed by atoms with E-state index in [1.165, 1.54) is 67.8 Å². The second kappa shape index (κ2) is 22.1. The fourth-order valence-electron chi connectivity index (χ4n) is 22.4. The van der Waals surface area contributed by atoms with Gasteiger partial charge in [-0.15, -0.1) is 0 Å². The van der Waals surface area contributed by atoms with Gasteiger partial charge in [0.2, 0.25) is 0 Å². The molecular formula is C87H95Cl5F2O2. The number of hydrogen-bond acceptors (Lipinski definition) is 2. The van der Waals surface area contributed by atoms with Crippen LogP contribution in [0.25, 0.3) is 0 Å². The molecule has 96 heavy (non-hydrogen) atoms. The van der Waals surface area contributed by atoms with E-state index in [1.54, 1.807) is 29.8 Å². The van der Waals surface area contributed by atoms with Crippen molar-refractivity contribution in [1.82, 2.24) is 0 Å². The third kappa shape index (κ3) is 10.0. The molecule has 0 radical (unpaired) electrons. The quantitative estimate of drug-likeness (QED) is 0.159. The fraction of sp³-hybridized carbons (Fsp3) is 0.448. The lowest BCUT2D eigenvalue weighted by atomic mass is 9.71. The van der Waals surface area contributed by atoms with Gasteiger partial charge in [0.1, 0.15) is 23.1 Å². The smallest absolute Gasteiger partial charge is 0.134 e. The minimum Gasteiger partial charge on any atom is -0.506 e. The van der Waals surface area contributed by atoms with Gasteiger partial charge in [0.25, 0.3) is 0 Å². The highest BCUT2D eigenvalue weighted by Crippen LogP contribution is 2.70. The van der Waals surface area contributed by atoms with Crippen LogP contribution in [0, 0.1) is 32.4 Å². The molecule has 8 aliphatic carbocycles. The third-order valence-corrected chi connectivity index (χ3v) is 26.3. The Morgan fingerprint density at radius 3 is 0.906 bits per heavy atom. The molecule has 8 aromatic carbocycles. The first-order valence-corrected chi connectivity index (χ1v) is 36.4. The Morgan fingerprint density at radius 1 is 0.281 bits per heavy atom. The van der Waals surface area contributed by atoms with Crippen molar-refractivity contribution in [1.29, 1.82) is 0 Å². The number of hydrogen-bond donors (Lipinski definition) is 2. The van der Waals surface area contributed by atoms with Crippen molar-refractivity contribution in [3.8, 4) is 11.5 Å². The molecule has 0 aromatic heterocycles. The molecule has 0 fully saturated rings. The summed E-state index contributed by atoms with van der Waals surface area (Å²) in [5, 5.41) is 24.1. The average molecular weight is 1390 g/mol. The zero-order valence-electron chi connectivity index (χ0n) is 59.7. The molecule has 8 aliphatic rings. The highest BCUT2D eigenvalue weighted by molar-refractivity contribution is 6.35. The summed E-state index contributed by atoms with van der Waals surface area (Å²) in [6, 6.07) is 40.0. The van der Waals surface area contributed by atoms with Crippen molar-refractivity contribution in [2.45, 2.75) is 248 Å². The highest BCUT2D eigenvalue weighted by atomic mass is 35.5.